The smallest absolute Gasteiger partial charge is 0.281 e. The molecule has 0 fully saturated rings. The summed E-state index contributed by atoms with van der Waals surface area (Å²) in [6.45, 7) is 7.64. The number of benzene rings is 1. The first-order valence-electron chi connectivity index (χ1n) is 7.67. The van der Waals surface area contributed by atoms with Crippen molar-refractivity contribution >= 4 is 16.8 Å². The molecule has 0 radical (unpaired) electrons. The molecule has 0 spiro atoms. The summed E-state index contributed by atoms with van der Waals surface area (Å²) < 4.78 is 2.84. The number of carbonyl (C=O) groups is 1. The topological polar surface area (TPSA) is 82.7 Å². The Morgan fingerprint density at radius 2 is 1.92 bits per heavy atom. The van der Waals surface area contributed by atoms with Crippen molar-refractivity contribution < 1.29 is 4.79 Å². The first kappa shape index (κ1) is 16.0. The maximum absolute atomic E-state index is 12.6. The number of nitrogens with zero attached hydrogens (tertiary/aromatic N) is 5. The van der Waals surface area contributed by atoms with Crippen molar-refractivity contribution in [2.45, 2.75) is 34.2 Å². The second-order valence-electron chi connectivity index (χ2n) is 6.10. The quantitative estimate of drug-likeness (QED) is 0.685. The first-order valence-corrected chi connectivity index (χ1v) is 7.67. The van der Waals surface area contributed by atoms with Crippen molar-refractivity contribution in [1.29, 1.82) is 0 Å². The molecule has 0 N–H and O–H groups in total. The molecule has 2 aromatic heterocycles. The van der Waals surface area contributed by atoms with Gasteiger partial charge in [-0.2, -0.15) is 5.10 Å². The van der Waals surface area contributed by atoms with Crippen molar-refractivity contribution in [1.82, 2.24) is 24.8 Å². The van der Waals surface area contributed by atoms with E-state index in [1.54, 1.807) is 14.0 Å². The molecule has 0 amide bonds. The van der Waals surface area contributed by atoms with Crippen LogP contribution in [-0.4, -0.2) is 30.6 Å². The minimum Gasteiger partial charge on any atom is -0.294 e. The lowest BCUT2D eigenvalue weighted by Crippen LogP contribution is -2.25. The van der Waals surface area contributed by atoms with Gasteiger partial charge in [0, 0.05) is 12.6 Å². The van der Waals surface area contributed by atoms with Crippen molar-refractivity contribution in [2.24, 2.45) is 7.05 Å². The Kier molecular flexibility index (Phi) is 3.79. The van der Waals surface area contributed by atoms with Gasteiger partial charge in [-0.05, 0) is 49.9 Å². The molecule has 2 heterocycles. The summed E-state index contributed by atoms with van der Waals surface area (Å²) in [6, 6.07) is 1.97. The Balaban J connectivity index is 2.16. The van der Waals surface area contributed by atoms with Gasteiger partial charge in [-0.3, -0.25) is 9.59 Å². The van der Waals surface area contributed by atoms with Crippen LogP contribution >= 0.6 is 0 Å². The van der Waals surface area contributed by atoms with Gasteiger partial charge in [-0.25, -0.2) is 9.36 Å². The third kappa shape index (κ3) is 2.42. The van der Waals surface area contributed by atoms with E-state index >= 15 is 0 Å². The van der Waals surface area contributed by atoms with Crippen LogP contribution in [0, 0.1) is 20.8 Å². The molecule has 1 aromatic carbocycles. The maximum Gasteiger partial charge on any atom is 0.281 e. The van der Waals surface area contributed by atoms with Gasteiger partial charge >= 0.3 is 0 Å². The maximum atomic E-state index is 12.6. The molecular formula is C17H19N5O2. The van der Waals surface area contributed by atoms with Crippen molar-refractivity contribution in [2.75, 3.05) is 0 Å². The molecule has 0 unspecified atom stereocenters. The molecule has 0 bridgehead atoms. The minimum atomic E-state index is -0.239. The Bertz CT molecular complexity index is 1030. The lowest BCUT2D eigenvalue weighted by atomic mass is 9.91. The number of carbonyl (C=O) groups excluding carboxylic acids is 1. The number of fused-ring (bicyclic) bond motifs is 1. The number of aromatic nitrogens is 5. The van der Waals surface area contributed by atoms with Crippen LogP contribution < -0.4 is 5.56 Å². The van der Waals surface area contributed by atoms with E-state index in [9.17, 15) is 9.59 Å². The molecule has 0 aliphatic carbocycles. The molecule has 3 rings (SSSR count). The zero-order chi connectivity index (χ0) is 17.6. The van der Waals surface area contributed by atoms with Gasteiger partial charge in [0.15, 0.2) is 11.4 Å². The van der Waals surface area contributed by atoms with Crippen LogP contribution in [0.3, 0.4) is 0 Å². The second-order valence-corrected chi connectivity index (χ2v) is 6.10. The monoisotopic (exact) mass is 325 g/mol. The van der Waals surface area contributed by atoms with Gasteiger partial charge in [0.05, 0.1) is 12.7 Å². The summed E-state index contributed by atoms with van der Waals surface area (Å²) in [5, 5.41) is 12.6. The zero-order valence-corrected chi connectivity index (χ0v) is 14.4. The normalized spacial score (nSPS) is 11.2. The molecule has 0 atom stereocenters. The van der Waals surface area contributed by atoms with Gasteiger partial charge in [0.1, 0.15) is 5.39 Å². The molecule has 0 aliphatic heterocycles. The fourth-order valence-corrected chi connectivity index (χ4v) is 3.24. The fourth-order valence-electron chi connectivity index (χ4n) is 3.24. The van der Waals surface area contributed by atoms with E-state index in [0.717, 1.165) is 22.3 Å². The standard InChI is InChI=1S/C17H19N5O2/c1-9-6-10(2)15(12(4)23)11(3)14(9)8-22-17(24)13-7-18-21(5)16(13)19-20-22/h6-7H,8H2,1-5H3. The van der Waals surface area contributed by atoms with Gasteiger partial charge in [-0.15, -0.1) is 5.10 Å². The number of rotatable bonds is 3. The van der Waals surface area contributed by atoms with Crippen molar-refractivity contribution in [3.05, 3.63) is 50.4 Å². The highest BCUT2D eigenvalue weighted by Gasteiger charge is 2.16. The van der Waals surface area contributed by atoms with Crippen LogP contribution in [0.1, 0.15) is 39.5 Å². The van der Waals surface area contributed by atoms with E-state index in [4.69, 9.17) is 0 Å². The summed E-state index contributed by atoms with van der Waals surface area (Å²) in [5.41, 5.74) is 4.71. The largest absolute Gasteiger partial charge is 0.294 e. The average molecular weight is 325 g/mol. The van der Waals surface area contributed by atoms with Gasteiger partial charge in [-0.1, -0.05) is 11.3 Å². The predicted octanol–water partition coefficient (Wildman–Crippen LogP) is 1.70. The van der Waals surface area contributed by atoms with Crippen LogP contribution in [0.4, 0.5) is 0 Å². The van der Waals surface area contributed by atoms with Crippen LogP contribution in [0.25, 0.3) is 11.0 Å². The number of aryl methyl sites for hydroxylation is 3. The average Bonchev–Trinajstić information content (AvgIpc) is 2.87. The molecule has 0 saturated heterocycles. The van der Waals surface area contributed by atoms with E-state index in [0.29, 0.717) is 16.6 Å². The van der Waals surface area contributed by atoms with Gasteiger partial charge < -0.3 is 0 Å². The summed E-state index contributed by atoms with van der Waals surface area (Å²) in [4.78, 5) is 24.5. The summed E-state index contributed by atoms with van der Waals surface area (Å²) in [6.07, 6.45) is 1.50. The third-order valence-corrected chi connectivity index (χ3v) is 4.41. The van der Waals surface area contributed by atoms with Crippen LogP contribution in [0.15, 0.2) is 17.1 Å². The highest BCUT2D eigenvalue weighted by molar-refractivity contribution is 5.97. The lowest BCUT2D eigenvalue weighted by Gasteiger charge is -2.16. The molecule has 124 valence electrons. The van der Waals surface area contributed by atoms with Gasteiger partial charge in [0.25, 0.3) is 5.56 Å². The molecule has 0 saturated carbocycles. The SMILES string of the molecule is CC(=O)c1c(C)cc(C)c(Cn2nnc3c(cnn3C)c2=O)c1C. The van der Waals surface area contributed by atoms with Crippen LogP contribution in [0.5, 0.6) is 0 Å². The van der Waals surface area contributed by atoms with Crippen LogP contribution in [0.2, 0.25) is 0 Å². The van der Waals surface area contributed by atoms with E-state index < -0.39 is 0 Å². The summed E-state index contributed by atoms with van der Waals surface area (Å²) >= 11 is 0. The van der Waals surface area contributed by atoms with E-state index in [1.807, 2.05) is 26.8 Å². The van der Waals surface area contributed by atoms with E-state index in [1.165, 1.54) is 15.6 Å². The predicted molar refractivity (Wildman–Crippen MR) is 90.3 cm³/mol. The Morgan fingerprint density at radius 1 is 1.21 bits per heavy atom. The molecule has 7 heteroatoms. The van der Waals surface area contributed by atoms with Gasteiger partial charge in [0.2, 0.25) is 0 Å². The number of Topliss-reactive ketones (excluding diaryl/α,β-unsaturated/α-hetero) is 1. The first-order chi connectivity index (χ1) is 11.3. The van der Waals surface area contributed by atoms with Crippen molar-refractivity contribution in [3.63, 3.8) is 0 Å². The summed E-state index contributed by atoms with van der Waals surface area (Å²) in [7, 11) is 1.72. The number of ketones is 1. The molecule has 24 heavy (non-hydrogen) atoms. The molecule has 3 aromatic rings. The lowest BCUT2D eigenvalue weighted by molar-refractivity contribution is 0.101. The minimum absolute atomic E-state index is 0.0207. The molecule has 7 nitrogen and oxygen atoms in total. The zero-order valence-electron chi connectivity index (χ0n) is 14.4. The second kappa shape index (κ2) is 5.67. The summed E-state index contributed by atoms with van der Waals surface area (Å²) in [5.74, 6) is 0.0207. The van der Waals surface area contributed by atoms with Crippen molar-refractivity contribution in [3.8, 4) is 0 Å². The molecular weight excluding hydrogens is 306 g/mol. The Labute approximate surface area is 138 Å². The molecule has 0 aliphatic rings. The van der Waals surface area contributed by atoms with E-state index in [2.05, 4.69) is 15.4 Å². The number of hydrogen-bond donors (Lipinski definition) is 0. The Hall–Kier alpha value is -2.83. The van der Waals surface area contributed by atoms with Crippen LogP contribution in [-0.2, 0) is 13.6 Å². The fraction of sp³-hybridized carbons (Fsp3) is 0.353. The number of hydrogen-bond acceptors (Lipinski definition) is 5. The Morgan fingerprint density at radius 3 is 2.58 bits per heavy atom. The van der Waals surface area contributed by atoms with E-state index in [-0.39, 0.29) is 17.9 Å². The third-order valence-electron chi connectivity index (χ3n) is 4.41. The highest BCUT2D eigenvalue weighted by Crippen LogP contribution is 2.23. The highest BCUT2D eigenvalue weighted by atomic mass is 16.1.